The van der Waals surface area contributed by atoms with Crippen molar-refractivity contribution in [3.8, 4) is 0 Å². The van der Waals surface area contributed by atoms with Crippen LogP contribution in [0.4, 0.5) is 10.5 Å². The third-order valence-corrected chi connectivity index (χ3v) is 4.28. The second-order valence-corrected chi connectivity index (χ2v) is 5.94. The molecule has 1 aliphatic carbocycles. The van der Waals surface area contributed by atoms with Crippen molar-refractivity contribution < 1.29 is 14.7 Å². The molecule has 2 rings (SSSR count). The minimum Gasteiger partial charge on any atom is -0.481 e. The zero-order valence-electron chi connectivity index (χ0n) is 11.2. The molecule has 7 heteroatoms. The molecule has 1 aromatic rings. The highest BCUT2D eigenvalue weighted by atomic mass is 35.5. The standard InChI is InChI=1S/C14H16Cl2N2O3/c15-11-5-4-10(7-12(11)16)18-14(21)17-9-3-1-2-8(6-9)13(19)20/h4-5,7-9H,1-3,6H2,(H,19,20)(H2,17,18,21). The molecule has 1 fully saturated rings. The smallest absolute Gasteiger partial charge is 0.319 e. The molecule has 0 aliphatic heterocycles. The Bertz CT molecular complexity index is 551. The Hall–Kier alpha value is -1.46. The first kappa shape index (κ1) is 15.9. The summed E-state index contributed by atoms with van der Waals surface area (Å²) in [4.78, 5) is 22.9. The van der Waals surface area contributed by atoms with Crippen LogP contribution in [0.5, 0.6) is 0 Å². The van der Waals surface area contributed by atoms with E-state index in [4.69, 9.17) is 28.3 Å². The zero-order chi connectivity index (χ0) is 15.4. The van der Waals surface area contributed by atoms with E-state index >= 15 is 0 Å². The molecule has 0 bridgehead atoms. The van der Waals surface area contributed by atoms with Gasteiger partial charge in [-0.3, -0.25) is 4.79 Å². The van der Waals surface area contributed by atoms with E-state index in [1.54, 1.807) is 18.2 Å². The Labute approximate surface area is 132 Å². The van der Waals surface area contributed by atoms with Gasteiger partial charge in [-0.05, 0) is 37.5 Å². The predicted molar refractivity (Wildman–Crippen MR) is 82.0 cm³/mol. The molecule has 0 spiro atoms. The molecular weight excluding hydrogens is 315 g/mol. The molecule has 5 nitrogen and oxygen atoms in total. The Kier molecular flexibility index (Phi) is 5.31. The normalized spacial score (nSPS) is 21.6. The van der Waals surface area contributed by atoms with E-state index in [0.717, 1.165) is 12.8 Å². The van der Waals surface area contributed by atoms with E-state index in [-0.39, 0.29) is 18.0 Å². The van der Waals surface area contributed by atoms with Crippen LogP contribution in [0.2, 0.25) is 10.0 Å². The molecule has 2 unspecified atom stereocenters. The molecule has 1 saturated carbocycles. The van der Waals surface area contributed by atoms with Gasteiger partial charge in [0.05, 0.1) is 16.0 Å². The molecular formula is C14H16Cl2N2O3. The second-order valence-electron chi connectivity index (χ2n) is 5.13. The molecule has 0 saturated heterocycles. The van der Waals surface area contributed by atoms with Crippen molar-refractivity contribution in [3.63, 3.8) is 0 Å². The number of benzene rings is 1. The van der Waals surface area contributed by atoms with Crippen molar-refractivity contribution in [1.29, 1.82) is 0 Å². The largest absolute Gasteiger partial charge is 0.481 e. The van der Waals surface area contributed by atoms with E-state index in [2.05, 4.69) is 10.6 Å². The number of urea groups is 1. The van der Waals surface area contributed by atoms with Crippen LogP contribution in [0, 0.1) is 5.92 Å². The first-order chi connectivity index (χ1) is 9.95. The fourth-order valence-electron chi connectivity index (χ4n) is 2.47. The van der Waals surface area contributed by atoms with Gasteiger partial charge in [0, 0.05) is 11.7 Å². The van der Waals surface area contributed by atoms with Gasteiger partial charge < -0.3 is 15.7 Å². The van der Waals surface area contributed by atoms with Crippen molar-refractivity contribution in [2.75, 3.05) is 5.32 Å². The number of nitrogens with one attached hydrogen (secondary N) is 2. The maximum absolute atomic E-state index is 11.9. The van der Waals surface area contributed by atoms with Crippen LogP contribution in [-0.2, 0) is 4.79 Å². The third kappa shape index (κ3) is 4.51. The molecule has 114 valence electrons. The molecule has 1 aliphatic rings. The van der Waals surface area contributed by atoms with Crippen molar-refractivity contribution in [3.05, 3.63) is 28.2 Å². The summed E-state index contributed by atoms with van der Waals surface area (Å²) in [6, 6.07) is 4.31. The van der Waals surface area contributed by atoms with E-state index in [0.29, 0.717) is 28.6 Å². The van der Waals surface area contributed by atoms with Crippen LogP contribution in [0.25, 0.3) is 0 Å². The van der Waals surface area contributed by atoms with Crippen LogP contribution in [0.1, 0.15) is 25.7 Å². The first-order valence-electron chi connectivity index (χ1n) is 6.71. The van der Waals surface area contributed by atoms with Crippen LogP contribution in [0.3, 0.4) is 0 Å². The fourth-order valence-corrected chi connectivity index (χ4v) is 2.77. The average molecular weight is 331 g/mol. The predicted octanol–water partition coefficient (Wildman–Crippen LogP) is 3.76. The van der Waals surface area contributed by atoms with Gasteiger partial charge in [-0.15, -0.1) is 0 Å². The molecule has 0 heterocycles. The lowest BCUT2D eigenvalue weighted by molar-refractivity contribution is -0.143. The summed E-state index contributed by atoms with van der Waals surface area (Å²) in [5, 5.41) is 15.3. The summed E-state index contributed by atoms with van der Waals surface area (Å²) in [6.45, 7) is 0. The van der Waals surface area contributed by atoms with E-state index < -0.39 is 5.97 Å². The number of aliphatic carboxylic acids is 1. The molecule has 1 aromatic carbocycles. The number of carboxylic acid groups (broad SMARTS) is 1. The molecule has 3 N–H and O–H groups in total. The number of carboxylic acids is 1. The summed E-state index contributed by atoms with van der Waals surface area (Å²) in [6.07, 6.45) is 2.72. The lowest BCUT2D eigenvalue weighted by Crippen LogP contribution is -2.42. The second kappa shape index (κ2) is 7.00. The molecule has 2 atom stereocenters. The molecule has 2 amide bonds. The number of halogens is 2. The first-order valence-corrected chi connectivity index (χ1v) is 7.46. The van der Waals surface area contributed by atoms with Gasteiger partial charge in [-0.25, -0.2) is 4.79 Å². The maximum atomic E-state index is 11.9. The number of carbonyl (C=O) groups is 2. The molecule has 0 radical (unpaired) electrons. The monoisotopic (exact) mass is 330 g/mol. The van der Waals surface area contributed by atoms with Crippen molar-refractivity contribution in [1.82, 2.24) is 5.32 Å². The summed E-state index contributed by atoms with van der Waals surface area (Å²) >= 11 is 11.7. The summed E-state index contributed by atoms with van der Waals surface area (Å²) in [5.74, 6) is -1.18. The Balaban J connectivity index is 1.89. The average Bonchev–Trinajstić information content (AvgIpc) is 2.43. The number of amides is 2. The summed E-state index contributed by atoms with van der Waals surface area (Å²) in [7, 11) is 0. The fraction of sp³-hybridized carbons (Fsp3) is 0.429. The Morgan fingerprint density at radius 1 is 1.19 bits per heavy atom. The Morgan fingerprint density at radius 2 is 1.95 bits per heavy atom. The number of anilines is 1. The minimum absolute atomic E-state index is 0.123. The van der Waals surface area contributed by atoms with Crippen LogP contribution >= 0.6 is 23.2 Å². The maximum Gasteiger partial charge on any atom is 0.319 e. The summed E-state index contributed by atoms with van der Waals surface area (Å²) < 4.78 is 0. The van der Waals surface area contributed by atoms with Gasteiger partial charge in [0.25, 0.3) is 0 Å². The van der Waals surface area contributed by atoms with Gasteiger partial charge in [-0.1, -0.05) is 29.6 Å². The number of hydrogen-bond donors (Lipinski definition) is 3. The number of hydrogen-bond acceptors (Lipinski definition) is 2. The molecule has 0 aromatic heterocycles. The zero-order valence-corrected chi connectivity index (χ0v) is 12.7. The van der Waals surface area contributed by atoms with Crippen molar-refractivity contribution >= 4 is 40.9 Å². The van der Waals surface area contributed by atoms with Crippen LogP contribution in [0.15, 0.2) is 18.2 Å². The van der Waals surface area contributed by atoms with E-state index in [9.17, 15) is 9.59 Å². The quantitative estimate of drug-likeness (QED) is 0.789. The van der Waals surface area contributed by atoms with Crippen molar-refractivity contribution in [2.45, 2.75) is 31.7 Å². The van der Waals surface area contributed by atoms with Crippen molar-refractivity contribution in [2.24, 2.45) is 5.92 Å². The highest BCUT2D eigenvalue weighted by molar-refractivity contribution is 6.42. The van der Waals surface area contributed by atoms with Gasteiger partial charge in [-0.2, -0.15) is 0 Å². The van der Waals surface area contributed by atoms with Gasteiger partial charge in [0.2, 0.25) is 0 Å². The highest BCUT2D eigenvalue weighted by Crippen LogP contribution is 2.26. The van der Waals surface area contributed by atoms with E-state index in [1.165, 1.54) is 0 Å². The minimum atomic E-state index is -0.800. The highest BCUT2D eigenvalue weighted by Gasteiger charge is 2.27. The SMILES string of the molecule is O=C(Nc1ccc(Cl)c(Cl)c1)NC1CCCC(C(=O)O)C1. The summed E-state index contributed by atoms with van der Waals surface area (Å²) in [5.41, 5.74) is 0.535. The van der Waals surface area contributed by atoms with Gasteiger partial charge in [0.15, 0.2) is 0 Å². The third-order valence-electron chi connectivity index (χ3n) is 3.54. The lowest BCUT2D eigenvalue weighted by atomic mass is 9.86. The Morgan fingerprint density at radius 3 is 2.62 bits per heavy atom. The number of carbonyl (C=O) groups excluding carboxylic acids is 1. The number of rotatable bonds is 3. The lowest BCUT2D eigenvalue weighted by Gasteiger charge is -2.27. The van der Waals surface area contributed by atoms with Crippen LogP contribution < -0.4 is 10.6 Å². The van der Waals surface area contributed by atoms with Crippen LogP contribution in [-0.4, -0.2) is 23.1 Å². The van der Waals surface area contributed by atoms with Gasteiger partial charge >= 0.3 is 12.0 Å². The van der Waals surface area contributed by atoms with E-state index in [1.807, 2.05) is 0 Å². The topological polar surface area (TPSA) is 78.4 Å². The molecule has 21 heavy (non-hydrogen) atoms. The van der Waals surface area contributed by atoms with Gasteiger partial charge in [0.1, 0.15) is 0 Å².